The molecule has 1 heterocycles. The van der Waals surface area contributed by atoms with Crippen LogP contribution in [0.5, 0.6) is 5.75 Å². The molecule has 0 spiro atoms. The standard InChI is InChI=1S/C35H25F2N3O7/c1-46-29-7-2-4-25(34(29)40(44)45)35-38-32(23-14-8-21(9-15-23)12-18-30(41)42)33(39-35)24-16-10-22(11-17-24)13-19-31(43)47-20-26-27(36)5-3-6-28(26)37/h2-19H,20H2,1H3,(H,38,39)(H,41,42)/b18-12+,19-13+. The van der Waals surface area contributed by atoms with E-state index in [-0.39, 0.29) is 28.4 Å². The van der Waals surface area contributed by atoms with E-state index in [9.17, 15) is 28.5 Å². The van der Waals surface area contributed by atoms with Crippen molar-refractivity contribution in [2.24, 2.45) is 0 Å². The van der Waals surface area contributed by atoms with E-state index in [0.29, 0.717) is 33.6 Å². The van der Waals surface area contributed by atoms with E-state index in [1.165, 1.54) is 31.4 Å². The van der Waals surface area contributed by atoms with Crippen LogP contribution in [-0.2, 0) is 20.9 Å². The number of carbonyl (C=O) groups is 2. The molecule has 12 heteroatoms. The zero-order chi connectivity index (χ0) is 33.5. The molecule has 0 atom stereocenters. The van der Waals surface area contributed by atoms with E-state index in [4.69, 9.17) is 19.6 Å². The predicted molar refractivity (Wildman–Crippen MR) is 170 cm³/mol. The first-order valence-electron chi connectivity index (χ1n) is 14.0. The number of ether oxygens (including phenoxy) is 2. The highest BCUT2D eigenvalue weighted by Crippen LogP contribution is 2.40. The van der Waals surface area contributed by atoms with Crippen LogP contribution in [-0.4, -0.2) is 39.0 Å². The molecule has 47 heavy (non-hydrogen) atoms. The number of halogens is 2. The number of aromatic nitrogens is 2. The van der Waals surface area contributed by atoms with Gasteiger partial charge in [0.2, 0.25) is 0 Å². The van der Waals surface area contributed by atoms with E-state index in [1.807, 2.05) is 0 Å². The van der Waals surface area contributed by atoms with Gasteiger partial charge in [0.25, 0.3) is 0 Å². The zero-order valence-electron chi connectivity index (χ0n) is 24.6. The molecule has 0 aliphatic rings. The molecule has 0 saturated carbocycles. The Kier molecular flexibility index (Phi) is 9.61. The maximum Gasteiger partial charge on any atom is 0.331 e. The minimum absolute atomic E-state index is 0.0651. The quantitative estimate of drug-likeness (QED) is 0.0657. The number of benzene rings is 4. The summed E-state index contributed by atoms with van der Waals surface area (Å²) < 4.78 is 37.8. The summed E-state index contributed by atoms with van der Waals surface area (Å²) in [4.78, 5) is 42.5. The first kappa shape index (κ1) is 32.0. The van der Waals surface area contributed by atoms with Gasteiger partial charge in [-0.3, -0.25) is 10.1 Å². The highest BCUT2D eigenvalue weighted by atomic mass is 19.1. The first-order valence-corrected chi connectivity index (χ1v) is 14.0. The van der Waals surface area contributed by atoms with Crippen molar-refractivity contribution in [3.8, 4) is 39.7 Å². The zero-order valence-corrected chi connectivity index (χ0v) is 24.6. The number of aliphatic carboxylic acids is 1. The summed E-state index contributed by atoms with van der Waals surface area (Å²) in [7, 11) is 1.34. The second kappa shape index (κ2) is 14.1. The number of nitro benzene ring substituents is 1. The van der Waals surface area contributed by atoms with Crippen LogP contribution in [0.3, 0.4) is 0 Å². The van der Waals surface area contributed by atoms with Crippen molar-refractivity contribution >= 4 is 29.8 Å². The summed E-state index contributed by atoms with van der Waals surface area (Å²) in [6.07, 6.45) is 5.08. The number of nitro groups is 1. The normalized spacial score (nSPS) is 11.2. The lowest BCUT2D eigenvalue weighted by Crippen LogP contribution is -2.04. The highest BCUT2D eigenvalue weighted by molar-refractivity contribution is 5.88. The van der Waals surface area contributed by atoms with Crippen LogP contribution in [0.1, 0.15) is 16.7 Å². The number of carboxylic acid groups (broad SMARTS) is 1. The van der Waals surface area contributed by atoms with Gasteiger partial charge in [0.15, 0.2) is 5.75 Å². The number of esters is 1. The maximum atomic E-state index is 13.8. The monoisotopic (exact) mass is 637 g/mol. The lowest BCUT2D eigenvalue weighted by molar-refractivity contribution is -0.385. The van der Waals surface area contributed by atoms with Crippen molar-refractivity contribution < 1.29 is 37.9 Å². The van der Waals surface area contributed by atoms with E-state index < -0.39 is 35.1 Å². The molecule has 1 aromatic heterocycles. The third-order valence-corrected chi connectivity index (χ3v) is 6.99. The Bertz CT molecular complexity index is 2000. The molecule has 10 nitrogen and oxygen atoms in total. The molecule has 0 radical (unpaired) electrons. The fraction of sp³-hybridized carbons (Fsp3) is 0.0571. The number of aromatic amines is 1. The van der Waals surface area contributed by atoms with Crippen molar-refractivity contribution in [1.29, 1.82) is 0 Å². The molecule has 0 saturated heterocycles. The van der Waals surface area contributed by atoms with Gasteiger partial charge in [-0.15, -0.1) is 0 Å². The summed E-state index contributed by atoms with van der Waals surface area (Å²) in [5.74, 6) is -3.22. The van der Waals surface area contributed by atoms with Crippen LogP contribution in [0.4, 0.5) is 14.5 Å². The van der Waals surface area contributed by atoms with Gasteiger partial charge in [0.05, 0.1) is 34.5 Å². The summed E-state index contributed by atoms with van der Waals surface area (Å²) in [6.45, 7) is -0.562. The fourth-order valence-electron chi connectivity index (χ4n) is 4.69. The van der Waals surface area contributed by atoms with E-state index >= 15 is 0 Å². The van der Waals surface area contributed by atoms with Gasteiger partial charge in [0, 0.05) is 23.3 Å². The molecule has 0 bridgehead atoms. The lowest BCUT2D eigenvalue weighted by Gasteiger charge is -2.06. The number of methoxy groups -OCH3 is 1. The smallest absolute Gasteiger partial charge is 0.331 e. The van der Waals surface area contributed by atoms with Gasteiger partial charge in [-0.2, -0.15) is 0 Å². The molecule has 4 aromatic carbocycles. The van der Waals surface area contributed by atoms with Gasteiger partial charge in [-0.05, 0) is 47.5 Å². The lowest BCUT2D eigenvalue weighted by atomic mass is 10.0. The first-order chi connectivity index (χ1) is 22.6. The third kappa shape index (κ3) is 7.45. The Balaban J connectivity index is 1.46. The second-order valence-corrected chi connectivity index (χ2v) is 9.98. The third-order valence-electron chi connectivity index (χ3n) is 6.99. The number of carboxylic acids is 1. The average Bonchev–Trinajstić information content (AvgIpc) is 3.51. The summed E-state index contributed by atoms with van der Waals surface area (Å²) in [5, 5.41) is 20.9. The van der Waals surface area contributed by atoms with Crippen molar-refractivity contribution in [3.63, 3.8) is 0 Å². The number of H-pyrrole nitrogens is 1. The molecular formula is C35H25F2N3O7. The summed E-state index contributed by atoms with van der Waals surface area (Å²) in [5.41, 5.74) is 3.17. The van der Waals surface area contributed by atoms with Crippen molar-refractivity contribution in [2.75, 3.05) is 7.11 Å². The van der Waals surface area contributed by atoms with Gasteiger partial charge >= 0.3 is 17.6 Å². The van der Waals surface area contributed by atoms with Crippen LogP contribution in [0.15, 0.2) is 97.1 Å². The summed E-state index contributed by atoms with van der Waals surface area (Å²) >= 11 is 0. The summed E-state index contributed by atoms with van der Waals surface area (Å²) in [6, 6.07) is 21.9. The molecule has 5 rings (SSSR count). The molecule has 0 aliphatic carbocycles. The predicted octanol–water partition coefficient (Wildman–Crippen LogP) is 7.46. The minimum Gasteiger partial charge on any atom is -0.490 e. The number of para-hydroxylation sites is 1. The maximum absolute atomic E-state index is 13.8. The van der Waals surface area contributed by atoms with Crippen LogP contribution < -0.4 is 4.74 Å². The van der Waals surface area contributed by atoms with Crippen LogP contribution >= 0.6 is 0 Å². The largest absolute Gasteiger partial charge is 0.490 e. The highest BCUT2D eigenvalue weighted by Gasteiger charge is 2.25. The topological polar surface area (TPSA) is 145 Å². The van der Waals surface area contributed by atoms with Crippen LogP contribution in [0.2, 0.25) is 0 Å². The molecule has 0 aliphatic heterocycles. The van der Waals surface area contributed by atoms with Crippen LogP contribution in [0, 0.1) is 21.7 Å². The van der Waals surface area contributed by atoms with Gasteiger partial charge < -0.3 is 19.6 Å². The van der Waals surface area contributed by atoms with Gasteiger partial charge in [-0.25, -0.2) is 23.4 Å². The number of rotatable bonds is 11. The Hall–Kier alpha value is -6.43. The number of nitrogens with zero attached hydrogens (tertiary/aromatic N) is 2. The van der Waals surface area contributed by atoms with Crippen molar-refractivity contribution in [1.82, 2.24) is 9.97 Å². The van der Waals surface area contributed by atoms with Crippen molar-refractivity contribution in [2.45, 2.75) is 6.61 Å². The number of hydrogen-bond donors (Lipinski definition) is 2. The molecule has 0 amide bonds. The molecule has 0 fully saturated rings. The van der Waals surface area contributed by atoms with Crippen molar-refractivity contribution in [3.05, 3.63) is 136 Å². The van der Waals surface area contributed by atoms with Crippen LogP contribution in [0.25, 0.3) is 46.1 Å². The number of hydrogen-bond acceptors (Lipinski definition) is 7. The Labute approximate surface area is 266 Å². The number of nitrogens with one attached hydrogen (secondary N) is 1. The molecule has 5 aromatic rings. The number of imidazole rings is 1. The fourth-order valence-corrected chi connectivity index (χ4v) is 4.69. The van der Waals surface area contributed by atoms with E-state index in [0.717, 1.165) is 24.3 Å². The van der Waals surface area contributed by atoms with Gasteiger partial charge in [-0.1, -0.05) is 60.7 Å². The second-order valence-electron chi connectivity index (χ2n) is 9.98. The molecule has 0 unspecified atom stereocenters. The SMILES string of the molecule is COc1cccc(-c2nc(-c3ccc(/C=C/C(=O)O)cc3)c(-c3ccc(/C=C/C(=O)OCc4c(F)cccc4F)cc3)[nH]2)c1[N+](=O)[O-]. The number of carbonyl (C=O) groups excluding carboxylic acids is 1. The average molecular weight is 638 g/mol. The molecular weight excluding hydrogens is 612 g/mol. The molecule has 2 N–H and O–H groups in total. The van der Waals surface area contributed by atoms with E-state index in [2.05, 4.69) is 4.98 Å². The van der Waals surface area contributed by atoms with E-state index in [1.54, 1.807) is 60.7 Å². The van der Waals surface area contributed by atoms with Gasteiger partial charge in [0.1, 0.15) is 24.1 Å². The Morgan fingerprint density at radius 1 is 0.894 bits per heavy atom. The Morgan fingerprint density at radius 3 is 2.09 bits per heavy atom. The Morgan fingerprint density at radius 2 is 1.49 bits per heavy atom. The molecule has 236 valence electrons. The minimum atomic E-state index is -1.08.